The Bertz CT molecular complexity index is 609. The second-order valence-electron chi connectivity index (χ2n) is 6.82. The molecule has 1 aromatic carbocycles. The molecule has 1 aromatic rings. The number of nitrogens with zero attached hydrogens (tertiary/aromatic N) is 2. The van der Waals surface area contributed by atoms with Gasteiger partial charge >= 0.3 is 0 Å². The molecule has 0 radical (unpaired) electrons. The predicted octanol–water partition coefficient (Wildman–Crippen LogP) is 1.81. The van der Waals surface area contributed by atoms with Crippen LogP contribution in [0.2, 0.25) is 0 Å². The summed E-state index contributed by atoms with van der Waals surface area (Å²) in [5.74, 6) is 2.42. The standard InChI is InChI=1S/C19H29N3O4.2ClH/c1-24-16-10-14(11-17(25-2)18(16)26-3)13-21-6-8-22(9-7-21)19(23)15-4-5-20-12-15;;/h10-11,15,20H,4-9,12-13H2,1-3H3;2*1H. The van der Waals surface area contributed by atoms with E-state index in [0.717, 1.165) is 57.8 Å². The van der Waals surface area contributed by atoms with Crippen molar-refractivity contribution in [1.29, 1.82) is 0 Å². The first-order chi connectivity index (χ1) is 12.7. The molecule has 160 valence electrons. The second-order valence-corrected chi connectivity index (χ2v) is 6.82. The minimum Gasteiger partial charge on any atom is -0.493 e. The van der Waals surface area contributed by atoms with Crippen molar-refractivity contribution in [2.24, 2.45) is 5.92 Å². The number of nitrogens with one attached hydrogen (secondary N) is 1. The van der Waals surface area contributed by atoms with Crippen LogP contribution < -0.4 is 19.5 Å². The summed E-state index contributed by atoms with van der Waals surface area (Å²) in [5, 5.41) is 3.27. The molecule has 0 aliphatic carbocycles. The maximum Gasteiger partial charge on any atom is 0.227 e. The molecule has 2 heterocycles. The Hall–Kier alpha value is -1.41. The maximum atomic E-state index is 12.5. The number of hydrogen-bond donors (Lipinski definition) is 1. The average molecular weight is 436 g/mol. The fraction of sp³-hybridized carbons (Fsp3) is 0.632. The van der Waals surface area contributed by atoms with Crippen LogP contribution in [0.1, 0.15) is 12.0 Å². The van der Waals surface area contributed by atoms with E-state index in [2.05, 4.69) is 10.2 Å². The highest BCUT2D eigenvalue weighted by Gasteiger charge is 2.29. The monoisotopic (exact) mass is 435 g/mol. The number of carbonyl (C=O) groups is 1. The molecule has 0 saturated carbocycles. The van der Waals surface area contributed by atoms with Gasteiger partial charge in [0.05, 0.1) is 27.2 Å². The van der Waals surface area contributed by atoms with E-state index in [1.807, 2.05) is 17.0 Å². The highest BCUT2D eigenvalue weighted by Crippen LogP contribution is 2.38. The van der Waals surface area contributed by atoms with E-state index in [0.29, 0.717) is 23.2 Å². The predicted molar refractivity (Wildman–Crippen MR) is 113 cm³/mol. The number of piperazine rings is 1. The zero-order valence-electron chi connectivity index (χ0n) is 16.7. The van der Waals surface area contributed by atoms with Crippen LogP contribution in [0.4, 0.5) is 0 Å². The Morgan fingerprint density at radius 3 is 2.11 bits per heavy atom. The third kappa shape index (κ3) is 5.56. The first kappa shape index (κ1) is 24.6. The topological polar surface area (TPSA) is 63.3 Å². The van der Waals surface area contributed by atoms with Gasteiger partial charge in [-0.15, -0.1) is 24.8 Å². The van der Waals surface area contributed by atoms with Gasteiger partial charge in [-0.25, -0.2) is 0 Å². The SMILES string of the molecule is COc1cc(CN2CCN(C(=O)C3CCNC3)CC2)cc(OC)c1OC.Cl.Cl. The molecule has 0 aromatic heterocycles. The van der Waals surface area contributed by atoms with Gasteiger partial charge in [-0.3, -0.25) is 9.69 Å². The molecular formula is C19H31Cl2N3O4. The zero-order chi connectivity index (χ0) is 18.5. The largest absolute Gasteiger partial charge is 0.493 e. The zero-order valence-corrected chi connectivity index (χ0v) is 18.4. The molecule has 2 saturated heterocycles. The van der Waals surface area contributed by atoms with E-state index >= 15 is 0 Å². The molecule has 1 unspecified atom stereocenters. The van der Waals surface area contributed by atoms with Gasteiger partial charge in [0.25, 0.3) is 0 Å². The van der Waals surface area contributed by atoms with Gasteiger partial charge in [0, 0.05) is 39.3 Å². The number of halogens is 2. The van der Waals surface area contributed by atoms with Gasteiger partial charge in [-0.1, -0.05) is 0 Å². The van der Waals surface area contributed by atoms with E-state index in [1.54, 1.807) is 21.3 Å². The third-order valence-electron chi connectivity index (χ3n) is 5.22. The van der Waals surface area contributed by atoms with Crippen LogP contribution in [0, 0.1) is 5.92 Å². The fourth-order valence-corrected chi connectivity index (χ4v) is 3.73. The maximum absolute atomic E-state index is 12.5. The number of rotatable bonds is 6. The summed E-state index contributed by atoms with van der Waals surface area (Å²) >= 11 is 0. The van der Waals surface area contributed by atoms with Gasteiger partial charge in [-0.2, -0.15) is 0 Å². The van der Waals surface area contributed by atoms with Crippen molar-refractivity contribution in [2.75, 3.05) is 60.6 Å². The van der Waals surface area contributed by atoms with E-state index in [-0.39, 0.29) is 30.7 Å². The van der Waals surface area contributed by atoms with Crippen molar-refractivity contribution in [3.63, 3.8) is 0 Å². The molecule has 2 aliphatic heterocycles. The van der Waals surface area contributed by atoms with Crippen molar-refractivity contribution in [2.45, 2.75) is 13.0 Å². The van der Waals surface area contributed by atoms with Crippen LogP contribution in [0.3, 0.4) is 0 Å². The van der Waals surface area contributed by atoms with E-state index in [9.17, 15) is 4.79 Å². The Labute approximate surface area is 179 Å². The Balaban J connectivity index is 0.00000196. The lowest BCUT2D eigenvalue weighted by atomic mass is 10.1. The Morgan fingerprint density at radius 2 is 1.64 bits per heavy atom. The number of carbonyl (C=O) groups excluding carboxylic acids is 1. The van der Waals surface area contributed by atoms with Crippen LogP contribution in [-0.2, 0) is 11.3 Å². The highest BCUT2D eigenvalue weighted by atomic mass is 35.5. The minimum atomic E-state index is 0. The van der Waals surface area contributed by atoms with E-state index in [4.69, 9.17) is 14.2 Å². The lowest BCUT2D eigenvalue weighted by molar-refractivity contribution is -0.136. The van der Waals surface area contributed by atoms with Crippen molar-refractivity contribution < 1.29 is 19.0 Å². The molecule has 1 N–H and O–H groups in total. The van der Waals surface area contributed by atoms with Crippen LogP contribution >= 0.6 is 24.8 Å². The van der Waals surface area contributed by atoms with Crippen LogP contribution in [0.25, 0.3) is 0 Å². The summed E-state index contributed by atoms with van der Waals surface area (Å²) in [4.78, 5) is 16.9. The molecule has 7 nitrogen and oxygen atoms in total. The lowest BCUT2D eigenvalue weighted by Crippen LogP contribution is -2.50. The summed E-state index contributed by atoms with van der Waals surface area (Å²) in [6.45, 7) is 5.91. The molecule has 0 bridgehead atoms. The molecule has 2 fully saturated rings. The summed E-state index contributed by atoms with van der Waals surface area (Å²) < 4.78 is 16.2. The molecule has 9 heteroatoms. The summed E-state index contributed by atoms with van der Waals surface area (Å²) in [6.07, 6.45) is 0.963. The normalized spacial score (nSPS) is 19.4. The van der Waals surface area contributed by atoms with Crippen LogP contribution in [0.15, 0.2) is 12.1 Å². The van der Waals surface area contributed by atoms with Crippen LogP contribution in [-0.4, -0.2) is 76.3 Å². The van der Waals surface area contributed by atoms with E-state index < -0.39 is 0 Å². The Kier molecular flexibility index (Phi) is 10.2. The van der Waals surface area contributed by atoms with Crippen molar-refractivity contribution in [3.05, 3.63) is 17.7 Å². The van der Waals surface area contributed by atoms with Crippen molar-refractivity contribution >= 4 is 30.7 Å². The van der Waals surface area contributed by atoms with Gasteiger partial charge in [-0.05, 0) is 30.7 Å². The summed E-state index contributed by atoms with van der Waals surface area (Å²) in [5.41, 5.74) is 1.11. The molecule has 28 heavy (non-hydrogen) atoms. The smallest absolute Gasteiger partial charge is 0.227 e. The number of ether oxygens (including phenoxy) is 3. The molecule has 1 amide bonds. The first-order valence-corrected chi connectivity index (χ1v) is 9.17. The molecule has 2 aliphatic rings. The Morgan fingerprint density at radius 1 is 1.04 bits per heavy atom. The average Bonchev–Trinajstić information content (AvgIpc) is 3.22. The number of amides is 1. The highest BCUT2D eigenvalue weighted by molar-refractivity contribution is 5.85. The van der Waals surface area contributed by atoms with Gasteiger partial charge in [0.1, 0.15) is 0 Å². The molecule has 1 atom stereocenters. The first-order valence-electron chi connectivity index (χ1n) is 9.17. The van der Waals surface area contributed by atoms with E-state index in [1.165, 1.54) is 0 Å². The number of hydrogen-bond acceptors (Lipinski definition) is 6. The minimum absolute atomic E-state index is 0. The quantitative estimate of drug-likeness (QED) is 0.734. The summed E-state index contributed by atoms with van der Waals surface area (Å²) in [6, 6.07) is 3.98. The lowest BCUT2D eigenvalue weighted by Gasteiger charge is -2.36. The fourth-order valence-electron chi connectivity index (χ4n) is 3.73. The number of benzene rings is 1. The second kappa shape index (κ2) is 11.6. The van der Waals surface area contributed by atoms with Gasteiger partial charge in [0.15, 0.2) is 11.5 Å². The van der Waals surface area contributed by atoms with Crippen molar-refractivity contribution in [3.8, 4) is 17.2 Å². The molecule has 3 rings (SSSR count). The van der Waals surface area contributed by atoms with Crippen LogP contribution in [0.5, 0.6) is 17.2 Å². The van der Waals surface area contributed by atoms with Gasteiger partial charge < -0.3 is 24.4 Å². The molecular weight excluding hydrogens is 405 g/mol. The summed E-state index contributed by atoms with van der Waals surface area (Å²) in [7, 11) is 4.86. The van der Waals surface area contributed by atoms with Gasteiger partial charge in [0.2, 0.25) is 11.7 Å². The third-order valence-corrected chi connectivity index (χ3v) is 5.22. The molecule has 0 spiro atoms. The number of methoxy groups -OCH3 is 3. The van der Waals surface area contributed by atoms with Crippen molar-refractivity contribution in [1.82, 2.24) is 15.1 Å².